The van der Waals surface area contributed by atoms with E-state index in [1.54, 1.807) is 0 Å². The van der Waals surface area contributed by atoms with E-state index in [-0.39, 0.29) is 27.7 Å². The van der Waals surface area contributed by atoms with Crippen molar-refractivity contribution >= 4 is 13.2 Å². The summed E-state index contributed by atoms with van der Waals surface area (Å²) in [6.07, 6.45) is 0. The molecule has 1 rings (SSSR count). The highest BCUT2D eigenvalue weighted by Crippen LogP contribution is 2.20. The lowest BCUT2D eigenvalue weighted by Crippen LogP contribution is -2.21. The predicted octanol–water partition coefficient (Wildman–Crippen LogP) is -0.376. The summed E-state index contributed by atoms with van der Waals surface area (Å²) in [5, 5.41) is 27.4. The van der Waals surface area contributed by atoms with Crippen molar-refractivity contribution in [3.8, 4) is 17.2 Å². The van der Waals surface area contributed by atoms with Crippen LogP contribution in [0.2, 0.25) is 0 Å². The van der Waals surface area contributed by atoms with Crippen LogP contribution in [0.3, 0.4) is 0 Å². The minimum atomic E-state index is -0.389. The highest BCUT2D eigenvalue weighted by atomic mass is 16.3. The van der Waals surface area contributed by atoms with Gasteiger partial charge in [0.15, 0.2) is 11.5 Å². The minimum Gasteiger partial charge on any atom is -0.507 e. The van der Waals surface area contributed by atoms with E-state index in [0.717, 1.165) is 6.07 Å². The third-order valence-corrected chi connectivity index (χ3v) is 1.48. The van der Waals surface area contributed by atoms with Gasteiger partial charge in [0.1, 0.15) is 5.75 Å². The second kappa shape index (κ2) is 2.20. The quantitative estimate of drug-likeness (QED) is 0.351. The Morgan fingerprint density at radius 2 is 1.45 bits per heavy atom. The van der Waals surface area contributed by atoms with Crippen LogP contribution in [0.15, 0.2) is 6.07 Å². The van der Waals surface area contributed by atoms with Gasteiger partial charge in [0.2, 0.25) is 0 Å². The van der Waals surface area contributed by atoms with E-state index >= 15 is 0 Å². The molecule has 0 amide bonds. The Morgan fingerprint density at radius 1 is 0.909 bits per heavy atom. The molecule has 0 saturated carbocycles. The second-order valence-corrected chi connectivity index (χ2v) is 2.22. The van der Waals surface area contributed by atoms with Gasteiger partial charge in [0, 0.05) is 16.5 Å². The average molecular weight is 152 g/mol. The molecule has 0 aliphatic carbocycles. The van der Waals surface area contributed by atoms with Crippen LogP contribution >= 0.6 is 0 Å². The molecule has 11 heavy (non-hydrogen) atoms. The first-order valence-electron chi connectivity index (χ1n) is 2.96. The number of hydrogen-bond donors (Lipinski definition) is 3. The molecule has 0 atom stereocenters. The number of rotatable bonds is 0. The molecule has 0 aliphatic heterocycles. The zero-order chi connectivity index (χ0) is 8.59. The molecule has 0 aromatic heterocycles. The first kappa shape index (κ1) is 7.47. The minimum absolute atomic E-state index is 0.141. The van der Waals surface area contributed by atoms with Gasteiger partial charge in [-0.3, -0.25) is 0 Å². The third kappa shape index (κ3) is 1.00. The molecule has 1 aromatic rings. The first-order chi connectivity index (χ1) is 5.04. The van der Waals surface area contributed by atoms with Gasteiger partial charge in [0.05, 0.1) is 0 Å². The maximum Gasteiger partial charge on any atom is 0.165 e. The topological polar surface area (TPSA) is 60.7 Å². The Morgan fingerprint density at radius 3 is 2.00 bits per heavy atom. The van der Waals surface area contributed by atoms with Crippen LogP contribution in [-0.2, 0) is 0 Å². The van der Waals surface area contributed by atoms with Gasteiger partial charge in [-0.25, -0.2) is 0 Å². The molecule has 0 aliphatic rings. The zero-order valence-electron chi connectivity index (χ0n) is 5.83. The van der Waals surface area contributed by atoms with Crippen molar-refractivity contribution in [3.05, 3.63) is 16.5 Å². The number of aromatic hydroxyl groups is 3. The largest absolute Gasteiger partial charge is 0.507 e. The van der Waals surface area contributed by atoms with Crippen molar-refractivity contribution in [2.45, 2.75) is 0 Å². The van der Waals surface area contributed by atoms with E-state index < -0.39 is 0 Å². The first-order valence-corrected chi connectivity index (χ1v) is 2.96. The van der Waals surface area contributed by atoms with Crippen LogP contribution in [0.5, 0.6) is 17.2 Å². The molecule has 58 valence electrons. The molecule has 0 heterocycles. The van der Waals surface area contributed by atoms with Crippen molar-refractivity contribution in [1.82, 2.24) is 0 Å². The van der Waals surface area contributed by atoms with Crippen LogP contribution in [0, 0.1) is 0 Å². The molecule has 0 unspecified atom stereocenters. The van der Waals surface area contributed by atoms with Gasteiger partial charge in [0.25, 0.3) is 0 Å². The lowest BCUT2D eigenvalue weighted by atomic mass is 10.2. The highest BCUT2D eigenvalue weighted by Gasteiger charge is 2.02. The SMILES string of the molecule is C=c1c(O)cc(O)c(O)c1=C. The number of benzene rings is 1. The van der Waals surface area contributed by atoms with Gasteiger partial charge in [-0.05, 0) is 0 Å². The smallest absolute Gasteiger partial charge is 0.165 e. The van der Waals surface area contributed by atoms with Crippen molar-refractivity contribution in [1.29, 1.82) is 0 Å². The predicted molar refractivity (Wildman–Crippen MR) is 41.7 cm³/mol. The van der Waals surface area contributed by atoms with E-state index in [1.165, 1.54) is 0 Å². The van der Waals surface area contributed by atoms with Gasteiger partial charge < -0.3 is 15.3 Å². The van der Waals surface area contributed by atoms with Gasteiger partial charge in [-0.15, -0.1) is 0 Å². The molecule has 3 nitrogen and oxygen atoms in total. The summed E-state index contributed by atoms with van der Waals surface area (Å²) >= 11 is 0. The molecule has 0 spiro atoms. The highest BCUT2D eigenvalue weighted by molar-refractivity contribution is 5.46. The van der Waals surface area contributed by atoms with Crippen LogP contribution in [0.25, 0.3) is 13.2 Å². The van der Waals surface area contributed by atoms with Crippen molar-refractivity contribution in [3.63, 3.8) is 0 Å². The van der Waals surface area contributed by atoms with E-state index in [4.69, 9.17) is 15.3 Å². The van der Waals surface area contributed by atoms with Gasteiger partial charge in [-0.1, -0.05) is 13.2 Å². The third-order valence-electron chi connectivity index (χ3n) is 1.48. The van der Waals surface area contributed by atoms with Gasteiger partial charge in [-0.2, -0.15) is 0 Å². The second-order valence-electron chi connectivity index (χ2n) is 2.22. The summed E-state index contributed by atoms with van der Waals surface area (Å²) in [5.74, 6) is -0.905. The number of hydrogen-bond acceptors (Lipinski definition) is 3. The fourth-order valence-corrected chi connectivity index (χ4v) is 0.737. The molecule has 0 fully saturated rings. The molecule has 0 bridgehead atoms. The Hall–Kier alpha value is -1.64. The zero-order valence-corrected chi connectivity index (χ0v) is 5.83. The lowest BCUT2D eigenvalue weighted by Gasteiger charge is -1.99. The van der Waals surface area contributed by atoms with E-state index in [9.17, 15) is 0 Å². The summed E-state index contributed by atoms with van der Waals surface area (Å²) in [6.45, 7) is 6.85. The number of phenols is 3. The molecular formula is C8H8O3. The molecule has 3 heteroatoms. The summed E-state index contributed by atoms with van der Waals surface area (Å²) < 4.78 is 0. The van der Waals surface area contributed by atoms with Gasteiger partial charge >= 0.3 is 0 Å². The molecule has 3 N–H and O–H groups in total. The normalized spacial score (nSPS) is 9.82. The molecule has 0 saturated heterocycles. The maximum atomic E-state index is 9.05. The van der Waals surface area contributed by atoms with E-state index in [1.807, 2.05) is 0 Å². The maximum absolute atomic E-state index is 9.05. The Bertz CT molecular complexity index is 381. The van der Waals surface area contributed by atoms with Crippen LogP contribution in [0.1, 0.15) is 0 Å². The van der Waals surface area contributed by atoms with E-state index in [2.05, 4.69) is 13.2 Å². The van der Waals surface area contributed by atoms with Crippen molar-refractivity contribution < 1.29 is 15.3 Å². The number of phenolic OH excluding ortho intramolecular Hbond substituents is 3. The van der Waals surface area contributed by atoms with Crippen LogP contribution in [0.4, 0.5) is 0 Å². The van der Waals surface area contributed by atoms with E-state index in [0.29, 0.717) is 0 Å². The molecular weight excluding hydrogens is 144 g/mol. The molecule has 0 radical (unpaired) electrons. The Balaban J connectivity index is 3.74. The fraction of sp³-hybridized carbons (Fsp3) is 0. The standard InChI is InChI=1S/C8H8O3/c1-4-5(2)8(11)7(10)3-6(4)9/h3,9-11H,1-2H2. The molecule has 1 aromatic carbocycles. The van der Waals surface area contributed by atoms with Crippen LogP contribution in [-0.4, -0.2) is 15.3 Å². The Kier molecular flexibility index (Phi) is 1.49. The van der Waals surface area contributed by atoms with Crippen molar-refractivity contribution in [2.24, 2.45) is 0 Å². The Labute approximate surface area is 63.2 Å². The van der Waals surface area contributed by atoms with Crippen molar-refractivity contribution in [2.75, 3.05) is 0 Å². The summed E-state index contributed by atoms with van der Waals surface area (Å²) in [5.41, 5.74) is 0. The summed E-state index contributed by atoms with van der Waals surface area (Å²) in [7, 11) is 0. The fourth-order valence-electron chi connectivity index (χ4n) is 0.737. The summed E-state index contributed by atoms with van der Waals surface area (Å²) in [4.78, 5) is 0. The summed E-state index contributed by atoms with van der Waals surface area (Å²) in [6, 6.07) is 1.02. The lowest BCUT2D eigenvalue weighted by molar-refractivity contribution is 0.392. The average Bonchev–Trinajstić information content (AvgIpc) is 1.97. The monoisotopic (exact) mass is 152 g/mol. The van der Waals surface area contributed by atoms with Crippen LogP contribution < -0.4 is 10.4 Å².